The second-order valence-corrected chi connectivity index (χ2v) is 4.76. The summed E-state index contributed by atoms with van der Waals surface area (Å²) in [4.78, 5) is 2.46. The van der Waals surface area contributed by atoms with Gasteiger partial charge in [-0.15, -0.1) is 0 Å². The number of ether oxygens (including phenoxy) is 2. The van der Waals surface area contributed by atoms with E-state index in [1.807, 2.05) is 12.1 Å². The van der Waals surface area contributed by atoms with Crippen molar-refractivity contribution in [2.45, 2.75) is 26.8 Å². The highest BCUT2D eigenvalue weighted by Crippen LogP contribution is 2.35. The molecule has 0 saturated carbocycles. The van der Waals surface area contributed by atoms with Gasteiger partial charge in [0, 0.05) is 25.2 Å². The fourth-order valence-electron chi connectivity index (χ4n) is 2.33. The predicted molar refractivity (Wildman–Crippen MR) is 76.7 cm³/mol. The fourth-order valence-corrected chi connectivity index (χ4v) is 2.33. The Labute approximate surface area is 115 Å². The van der Waals surface area contributed by atoms with Crippen molar-refractivity contribution in [3.63, 3.8) is 0 Å². The molecule has 0 radical (unpaired) electrons. The normalized spacial score (nSPS) is 13.2. The van der Waals surface area contributed by atoms with Crippen LogP contribution in [-0.2, 0) is 6.54 Å². The number of benzene rings is 1. The van der Waals surface area contributed by atoms with Gasteiger partial charge in [0.1, 0.15) is 0 Å². The molecule has 1 aliphatic heterocycles. The van der Waals surface area contributed by atoms with Gasteiger partial charge in [0.15, 0.2) is 11.5 Å². The molecule has 1 aliphatic rings. The first-order chi connectivity index (χ1) is 9.35. The van der Waals surface area contributed by atoms with Crippen LogP contribution in [-0.4, -0.2) is 37.9 Å². The molecular weight excluding hydrogens is 240 g/mol. The Bertz CT molecular complexity index is 396. The highest BCUT2D eigenvalue weighted by molar-refractivity contribution is 5.48. The number of nitrogens with one attached hydrogen (secondary N) is 1. The minimum atomic E-state index is 0.340. The molecular formula is C15H24N2O2. The van der Waals surface area contributed by atoms with Gasteiger partial charge in [-0.3, -0.25) is 0 Å². The maximum atomic E-state index is 5.49. The van der Waals surface area contributed by atoms with Gasteiger partial charge in [0.25, 0.3) is 0 Å². The molecule has 2 rings (SSSR count). The molecule has 19 heavy (non-hydrogen) atoms. The smallest absolute Gasteiger partial charge is 0.231 e. The van der Waals surface area contributed by atoms with Crippen LogP contribution in [0.3, 0.4) is 0 Å². The summed E-state index contributed by atoms with van der Waals surface area (Å²) in [5, 5.41) is 3.48. The molecule has 0 fully saturated rings. The van der Waals surface area contributed by atoms with E-state index in [-0.39, 0.29) is 0 Å². The van der Waals surface area contributed by atoms with E-state index in [1.54, 1.807) is 0 Å². The molecule has 0 unspecified atom stereocenters. The van der Waals surface area contributed by atoms with E-state index >= 15 is 0 Å². The predicted octanol–water partition coefficient (Wildman–Crippen LogP) is 2.24. The zero-order valence-corrected chi connectivity index (χ0v) is 11.9. The number of hydrogen-bond acceptors (Lipinski definition) is 4. The van der Waals surface area contributed by atoms with Crippen LogP contribution < -0.4 is 14.8 Å². The van der Waals surface area contributed by atoms with Crippen LogP contribution in [0.25, 0.3) is 0 Å². The average Bonchev–Trinajstić information content (AvgIpc) is 2.91. The maximum Gasteiger partial charge on any atom is 0.231 e. The molecule has 1 aromatic carbocycles. The van der Waals surface area contributed by atoms with Gasteiger partial charge in [-0.2, -0.15) is 0 Å². The van der Waals surface area contributed by atoms with Gasteiger partial charge in [0.05, 0.1) is 0 Å². The Hall–Kier alpha value is -1.26. The summed E-state index contributed by atoms with van der Waals surface area (Å²) in [6.07, 6.45) is 1.21. The number of nitrogens with zero attached hydrogens (tertiary/aromatic N) is 1. The highest BCUT2D eigenvalue weighted by atomic mass is 16.7. The number of rotatable bonds is 8. The zero-order chi connectivity index (χ0) is 13.5. The molecule has 0 spiro atoms. The van der Waals surface area contributed by atoms with E-state index in [2.05, 4.69) is 30.1 Å². The lowest BCUT2D eigenvalue weighted by molar-refractivity contribution is 0.173. The average molecular weight is 264 g/mol. The summed E-state index contributed by atoms with van der Waals surface area (Å²) < 4.78 is 10.9. The first kappa shape index (κ1) is 14.2. The zero-order valence-electron chi connectivity index (χ0n) is 11.9. The van der Waals surface area contributed by atoms with Gasteiger partial charge in [-0.25, -0.2) is 0 Å². The van der Waals surface area contributed by atoms with E-state index in [0.717, 1.165) is 37.7 Å². The molecule has 0 bridgehead atoms. The largest absolute Gasteiger partial charge is 0.454 e. The van der Waals surface area contributed by atoms with Crippen molar-refractivity contribution in [1.82, 2.24) is 10.2 Å². The summed E-state index contributed by atoms with van der Waals surface area (Å²) in [6, 6.07) is 6.05. The quantitative estimate of drug-likeness (QED) is 0.730. The van der Waals surface area contributed by atoms with E-state index in [0.29, 0.717) is 6.79 Å². The second kappa shape index (κ2) is 7.36. The van der Waals surface area contributed by atoms with Gasteiger partial charge in [0.2, 0.25) is 6.79 Å². The third-order valence-corrected chi connectivity index (χ3v) is 3.39. The van der Waals surface area contributed by atoms with Gasteiger partial charge in [-0.05, 0) is 25.6 Å². The summed E-state index contributed by atoms with van der Waals surface area (Å²) in [5.74, 6) is 1.76. The van der Waals surface area contributed by atoms with Crippen molar-refractivity contribution in [3.8, 4) is 11.5 Å². The molecule has 4 heteroatoms. The van der Waals surface area contributed by atoms with Crippen molar-refractivity contribution in [1.29, 1.82) is 0 Å². The summed E-state index contributed by atoms with van der Waals surface area (Å²) >= 11 is 0. The van der Waals surface area contributed by atoms with Crippen LogP contribution in [0, 0.1) is 0 Å². The van der Waals surface area contributed by atoms with Crippen molar-refractivity contribution in [2.75, 3.05) is 33.0 Å². The topological polar surface area (TPSA) is 33.7 Å². The Kier molecular flexibility index (Phi) is 5.48. The van der Waals surface area contributed by atoms with Crippen LogP contribution in [0.5, 0.6) is 11.5 Å². The van der Waals surface area contributed by atoms with Gasteiger partial charge >= 0.3 is 0 Å². The SMILES string of the molecule is CCCN(CC)CCNCc1cccc2c1OCO2. The Morgan fingerprint density at radius 3 is 2.89 bits per heavy atom. The highest BCUT2D eigenvalue weighted by Gasteiger charge is 2.16. The van der Waals surface area contributed by atoms with E-state index in [1.165, 1.54) is 18.5 Å². The molecule has 0 atom stereocenters. The maximum absolute atomic E-state index is 5.49. The first-order valence-electron chi connectivity index (χ1n) is 7.15. The third kappa shape index (κ3) is 3.85. The molecule has 0 aromatic heterocycles. The molecule has 0 aliphatic carbocycles. The second-order valence-electron chi connectivity index (χ2n) is 4.76. The number of hydrogen-bond donors (Lipinski definition) is 1. The summed E-state index contributed by atoms with van der Waals surface area (Å²) in [7, 11) is 0. The Morgan fingerprint density at radius 2 is 2.11 bits per heavy atom. The Morgan fingerprint density at radius 1 is 1.21 bits per heavy atom. The third-order valence-electron chi connectivity index (χ3n) is 3.39. The van der Waals surface area contributed by atoms with Crippen LogP contribution in [0.15, 0.2) is 18.2 Å². The van der Waals surface area contributed by atoms with Crippen molar-refractivity contribution in [3.05, 3.63) is 23.8 Å². The minimum Gasteiger partial charge on any atom is -0.454 e. The molecule has 106 valence electrons. The lowest BCUT2D eigenvalue weighted by atomic mass is 10.2. The fraction of sp³-hybridized carbons (Fsp3) is 0.600. The monoisotopic (exact) mass is 264 g/mol. The lowest BCUT2D eigenvalue weighted by Crippen LogP contribution is -2.32. The molecule has 0 saturated heterocycles. The molecule has 1 heterocycles. The van der Waals surface area contributed by atoms with Gasteiger partial charge < -0.3 is 19.7 Å². The first-order valence-corrected chi connectivity index (χ1v) is 7.15. The lowest BCUT2D eigenvalue weighted by Gasteiger charge is -2.19. The number of para-hydroxylation sites is 1. The van der Waals surface area contributed by atoms with E-state index < -0.39 is 0 Å². The minimum absolute atomic E-state index is 0.340. The van der Waals surface area contributed by atoms with Crippen molar-refractivity contribution in [2.24, 2.45) is 0 Å². The van der Waals surface area contributed by atoms with Crippen LogP contribution in [0.1, 0.15) is 25.8 Å². The van der Waals surface area contributed by atoms with Crippen molar-refractivity contribution < 1.29 is 9.47 Å². The van der Waals surface area contributed by atoms with Gasteiger partial charge in [-0.1, -0.05) is 26.0 Å². The summed E-state index contributed by atoms with van der Waals surface area (Å²) in [5.41, 5.74) is 1.17. The Balaban J connectivity index is 1.76. The molecule has 1 N–H and O–H groups in total. The number of fused-ring (bicyclic) bond motifs is 1. The summed E-state index contributed by atoms with van der Waals surface area (Å²) in [6.45, 7) is 9.99. The van der Waals surface area contributed by atoms with Crippen molar-refractivity contribution >= 4 is 0 Å². The van der Waals surface area contributed by atoms with Crippen LogP contribution in [0.2, 0.25) is 0 Å². The van der Waals surface area contributed by atoms with Crippen LogP contribution >= 0.6 is 0 Å². The molecule has 1 aromatic rings. The van der Waals surface area contributed by atoms with Crippen LogP contribution in [0.4, 0.5) is 0 Å². The van der Waals surface area contributed by atoms with E-state index in [4.69, 9.17) is 9.47 Å². The molecule has 0 amide bonds. The van der Waals surface area contributed by atoms with E-state index in [9.17, 15) is 0 Å². The standard InChI is InChI=1S/C15H24N2O2/c1-3-9-17(4-2)10-8-16-11-13-6-5-7-14-15(13)19-12-18-14/h5-7,16H,3-4,8-12H2,1-2H3. The molecule has 4 nitrogen and oxygen atoms in total. The number of likely N-dealkylation sites (N-methyl/N-ethyl adjacent to an activating group) is 1.